The van der Waals surface area contributed by atoms with Crippen molar-refractivity contribution in [2.45, 2.75) is 37.3 Å². The Morgan fingerprint density at radius 1 is 0.844 bits per heavy atom. The lowest BCUT2D eigenvalue weighted by Crippen LogP contribution is -2.55. The highest BCUT2D eigenvalue weighted by atomic mass is 16.2. The van der Waals surface area contributed by atoms with Gasteiger partial charge in [0.1, 0.15) is 0 Å². The molecule has 3 amide bonds. The summed E-state index contributed by atoms with van der Waals surface area (Å²) in [7, 11) is 0. The first-order valence-electron chi connectivity index (χ1n) is 11.3. The molecule has 0 atom stereocenters. The Kier molecular flexibility index (Phi) is 5.21. The molecule has 0 spiro atoms. The van der Waals surface area contributed by atoms with Crippen LogP contribution in [-0.4, -0.2) is 65.3 Å². The summed E-state index contributed by atoms with van der Waals surface area (Å²) in [4.78, 5) is 41.2. The summed E-state index contributed by atoms with van der Waals surface area (Å²) in [5, 5.41) is 3.01. The minimum Gasteiger partial charge on any atom is -0.349 e. The summed E-state index contributed by atoms with van der Waals surface area (Å²) in [6, 6.07) is 15.3. The molecule has 0 radical (unpaired) electrons. The Morgan fingerprint density at radius 3 is 2.12 bits per heavy atom. The normalized spacial score (nSPS) is 19.4. The van der Waals surface area contributed by atoms with Crippen LogP contribution in [0, 0.1) is 0 Å². The zero-order valence-corrected chi connectivity index (χ0v) is 18.0. The van der Waals surface area contributed by atoms with Crippen molar-refractivity contribution < 1.29 is 14.4 Å². The second-order valence-corrected chi connectivity index (χ2v) is 9.15. The average Bonchev–Trinajstić information content (AvgIpc) is 3.77. The standard InChI is InChI=1S/C25H28N4O3/c26-25(10-11-25)24(32)29-14-12-28(13-15-29)23(31)18-6-4-17(5-7-18)19-2-1-3-20(16-19)22(30)27-21-8-9-21/h1-7,16,21H,8-15,26H2,(H,27,30). The number of benzene rings is 2. The minimum atomic E-state index is -0.655. The van der Waals surface area contributed by atoms with Gasteiger partial charge in [-0.05, 0) is 61.1 Å². The maximum atomic E-state index is 12.9. The van der Waals surface area contributed by atoms with Gasteiger partial charge in [-0.25, -0.2) is 0 Å². The van der Waals surface area contributed by atoms with Crippen LogP contribution in [0.5, 0.6) is 0 Å². The number of carbonyl (C=O) groups excluding carboxylic acids is 3. The molecule has 2 aromatic carbocycles. The van der Waals surface area contributed by atoms with E-state index in [0.717, 1.165) is 36.8 Å². The van der Waals surface area contributed by atoms with Gasteiger partial charge in [-0.2, -0.15) is 0 Å². The van der Waals surface area contributed by atoms with E-state index in [1.54, 1.807) is 9.80 Å². The van der Waals surface area contributed by atoms with Gasteiger partial charge in [0.05, 0.1) is 5.54 Å². The molecule has 1 aliphatic heterocycles. The van der Waals surface area contributed by atoms with Crippen LogP contribution in [0.4, 0.5) is 0 Å². The maximum Gasteiger partial charge on any atom is 0.253 e. The lowest BCUT2D eigenvalue weighted by atomic mass is 10.0. The molecule has 3 fully saturated rings. The number of amides is 3. The zero-order valence-electron chi connectivity index (χ0n) is 18.0. The lowest BCUT2D eigenvalue weighted by molar-refractivity contribution is -0.135. The fraction of sp³-hybridized carbons (Fsp3) is 0.400. The monoisotopic (exact) mass is 432 g/mol. The Labute approximate surface area is 187 Å². The first-order valence-corrected chi connectivity index (χ1v) is 11.3. The molecule has 0 aromatic heterocycles. The summed E-state index contributed by atoms with van der Waals surface area (Å²) < 4.78 is 0. The van der Waals surface area contributed by atoms with Gasteiger partial charge in [0.2, 0.25) is 5.91 Å². The van der Waals surface area contributed by atoms with E-state index in [0.29, 0.717) is 43.3 Å². The van der Waals surface area contributed by atoms with Gasteiger partial charge >= 0.3 is 0 Å². The van der Waals surface area contributed by atoms with E-state index >= 15 is 0 Å². The number of hydrogen-bond acceptors (Lipinski definition) is 4. The predicted octanol–water partition coefficient (Wildman–Crippen LogP) is 2.02. The highest BCUT2D eigenvalue weighted by Gasteiger charge is 2.48. The van der Waals surface area contributed by atoms with E-state index < -0.39 is 5.54 Å². The van der Waals surface area contributed by atoms with Crippen molar-refractivity contribution in [3.8, 4) is 11.1 Å². The molecule has 1 saturated heterocycles. The van der Waals surface area contributed by atoms with Crippen molar-refractivity contribution in [3.05, 3.63) is 59.7 Å². The van der Waals surface area contributed by atoms with Crippen LogP contribution < -0.4 is 11.1 Å². The second-order valence-electron chi connectivity index (χ2n) is 9.15. The lowest BCUT2D eigenvalue weighted by Gasteiger charge is -2.36. The van der Waals surface area contributed by atoms with E-state index in [4.69, 9.17) is 5.73 Å². The largest absolute Gasteiger partial charge is 0.349 e. The Morgan fingerprint density at radius 2 is 1.50 bits per heavy atom. The van der Waals surface area contributed by atoms with Crippen LogP contribution in [0.2, 0.25) is 0 Å². The van der Waals surface area contributed by atoms with Crippen LogP contribution in [0.3, 0.4) is 0 Å². The molecule has 0 unspecified atom stereocenters. The van der Waals surface area contributed by atoms with Crippen molar-refractivity contribution in [1.29, 1.82) is 0 Å². The number of nitrogens with one attached hydrogen (secondary N) is 1. The molecule has 1 heterocycles. The topological polar surface area (TPSA) is 95.7 Å². The summed E-state index contributed by atoms with van der Waals surface area (Å²) >= 11 is 0. The van der Waals surface area contributed by atoms with Crippen LogP contribution >= 0.6 is 0 Å². The molecular formula is C25H28N4O3. The molecule has 7 nitrogen and oxygen atoms in total. The first kappa shape index (κ1) is 20.7. The van der Waals surface area contributed by atoms with Gasteiger partial charge in [-0.15, -0.1) is 0 Å². The van der Waals surface area contributed by atoms with Gasteiger partial charge in [0.15, 0.2) is 0 Å². The van der Waals surface area contributed by atoms with Crippen molar-refractivity contribution in [2.75, 3.05) is 26.2 Å². The third-order valence-electron chi connectivity index (χ3n) is 6.57. The average molecular weight is 433 g/mol. The Hall–Kier alpha value is -3.19. The third-order valence-corrected chi connectivity index (χ3v) is 6.57. The fourth-order valence-corrected chi connectivity index (χ4v) is 4.10. The summed E-state index contributed by atoms with van der Waals surface area (Å²) in [5.74, 6) is -0.0573. The summed E-state index contributed by atoms with van der Waals surface area (Å²) in [6.07, 6.45) is 3.62. The molecule has 2 aliphatic carbocycles. The van der Waals surface area contributed by atoms with Crippen LogP contribution in [0.25, 0.3) is 11.1 Å². The molecule has 3 N–H and O–H groups in total. The SMILES string of the molecule is NC1(C(=O)N2CCN(C(=O)c3ccc(-c4cccc(C(=O)NC5CC5)c4)cc3)CC2)CC1. The van der Waals surface area contributed by atoms with Gasteiger partial charge in [-0.1, -0.05) is 24.3 Å². The quantitative estimate of drug-likeness (QED) is 0.756. The van der Waals surface area contributed by atoms with E-state index in [1.165, 1.54) is 0 Å². The summed E-state index contributed by atoms with van der Waals surface area (Å²) in [6.45, 7) is 2.08. The maximum absolute atomic E-state index is 12.9. The van der Waals surface area contributed by atoms with Crippen molar-refractivity contribution in [1.82, 2.24) is 15.1 Å². The number of rotatable bonds is 5. The Balaban J connectivity index is 1.21. The highest BCUT2D eigenvalue weighted by molar-refractivity contribution is 5.97. The number of nitrogens with two attached hydrogens (primary N) is 1. The fourth-order valence-electron chi connectivity index (χ4n) is 4.10. The third kappa shape index (κ3) is 4.25. The smallest absolute Gasteiger partial charge is 0.253 e. The molecule has 7 heteroatoms. The van der Waals surface area contributed by atoms with Crippen LogP contribution in [-0.2, 0) is 4.79 Å². The highest BCUT2D eigenvalue weighted by Crippen LogP contribution is 2.34. The van der Waals surface area contributed by atoms with E-state index in [9.17, 15) is 14.4 Å². The molecule has 166 valence electrons. The van der Waals surface area contributed by atoms with Gasteiger partial charge < -0.3 is 20.9 Å². The van der Waals surface area contributed by atoms with Gasteiger partial charge in [0, 0.05) is 43.3 Å². The van der Waals surface area contributed by atoms with Gasteiger partial charge in [-0.3, -0.25) is 14.4 Å². The van der Waals surface area contributed by atoms with Crippen molar-refractivity contribution in [3.63, 3.8) is 0 Å². The Bertz CT molecular complexity index is 1050. The number of carbonyl (C=O) groups is 3. The molecule has 5 rings (SSSR count). The second kappa shape index (κ2) is 8.06. The first-order chi connectivity index (χ1) is 15.4. The van der Waals surface area contributed by atoms with Gasteiger partial charge in [0.25, 0.3) is 11.8 Å². The molecule has 2 saturated carbocycles. The van der Waals surface area contributed by atoms with Crippen molar-refractivity contribution >= 4 is 17.7 Å². The number of piperazine rings is 1. The molecule has 0 bridgehead atoms. The zero-order chi connectivity index (χ0) is 22.3. The minimum absolute atomic E-state index is 0.0157. The summed E-state index contributed by atoms with van der Waals surface area (Å²) in [5.41, 5.74) is 8.53. The van der Waals surface area contributed by atoms with E-state index in [2.05, 4.69) is 5.32 Å². The van der Waals surface area contributed by atoms with Crippen molar-refractivity contribution in [2.24, 2.45) is 5.73 Å². The number of nitrogens with zero attached hydrogens (tertiary/aromatic N) is 2. The molecule has 2 aromatic rings. The van der Waals surface area contributed by atoms with Crippen LogP contribution in [0.1, 0.15) is 46.4 Å². The van der Waals surface area contributed by atoms with E-state index in [-0.39, 0.29) is 17.7 Å². The predicted molar refractivity (Wildman–Crippen MR) is 121 cm³/mol. The molecule has 3 aliphatic rings. The van der Waals surface area contributed by atoms with Crippen LogP contribution in [0.15, 0.2) is 48.5 Å². The molecular weight excluding hydrogens is 404 g/mol. The van der Waals surface area contributed by atoms with E-state index in [1.807, 2.05) is 48.5 Å². The molecule has 32 heavy (non-hydrogen) atoms. The number of hydrogen-bond donors (Lipinski definition) is 2.